The maximum Gasteiger partial charge on any atom is 0.250 e. The standard InChI is InChI=1S/C24H19BrClN5OS/c1-16(17-7-9-19(25)10-8-17)27-28-22(32)15-33-24-30-29-23(18-5-3-2-4-6-18)31(24)21-13-11-20(26)12-14-21/h2-14H,15H2,1H3,(H,28,32). The highest BCUT2D eigenvalue weighted by molar-refractivity contribution is 9.10. The molecule has 0 unspecified atom stereocenters. The zero-order valence-electron chi connectivity index (χ0n) is 17.6. The van der Waals surface area contributed by atoms with Gasteiger partial charge in [0, 0.05) is 20.7 Å². The number of hydrogen-bond acceptors (Lipinski definition) is 5. The van der Waals surface area contributed by atoms with E-state index in [-0.39, 0.29) is 11.7 Å². The van der Waals surface area contributed by atoms with E-state index in [1.54, 1.807) is 0 Å². The second-order valence-electron chi connectivity index (χ2n) is 7.01. The number of halogens is 2. The van der Waals surface area contributed by atoms with E-state index in [0.29, 0.717) is 16.0 Å². The molecule has 1 N–H and O–H groups in total. The maximum absolute atomic E-state index is 12.5. The summed E-state index contributed by atoms with van der Waals surface area (Å²) in [5.41, 5.74) is 6.04. The van der Waals surface area contributed by atoms with E-state index in [9.17, 15) is 4.79 Å². The molecule has 0 aliphatic heterocycles. The van der Waals surface area contributed by atoms with E-state index in [2.05, 4.69) is 36.7 Å². The molecule has 0 fully saturated rings. The van der Waals surface area contributed by atoms with Crippen LogP contribution in [0.25, 0.3) is 17.1 Å². The highest BCUT2D eigenvalue weighted by atomic mass is 79.9. The zero-order valence-corrected chi connectivity index (χ0v) is 20.7. The molecule has 0 spiro atoms. The fourth-order valence-corrected chi connectivity index (χ4v) is 4.16. The lowest BCUT2D eigenvalue weighted by Gasteiger charge is -2.10. The third-order valence-corrected chi connectivity index (χ3v) is 6.40. The van der Waals surface area contributed by atoms with Gasteiger partial charge in [-0.25, -0.2) is 5.43 Å². The smallest absolute Gasteiger partial charge is 0.250 e. The summed E-state index contributed by atoms with van der Waals surface area (Å²) in [5.74, 6) is 0.589. The molecule has 0 aliphatic carbocycles. The average Bonchev–Trinajstić information content (AvgIpc) is 3.26. The van der Waals surface area contributed by atoms with Crippen molar-refractivity contribution in [1.82, 2.24) is 20.2 Å². The van der Waals surface area contributed by atoms with Crippen molar-refractivity contribution in [2.24, 2.45) is 5.10 Å². The van der Waals surface area contributed by atoms with Crippen LogP contribution in [0.3, 0.4) is 0 Å². The molecule has 1 aromatic heterocycles. The number of hydrazone groups is 1. The van der Waals surface area contributed by atoms with E-state index in [4.69, 9.17) is 11.6 Å². The van der Waals surface area contributed by atoms with Crippen molar-refractivity contribution in [2.45, 2.75) is 12.1 Å². The molecule has 0 aliphatic rings. The Hall–Kier alpha value is -2.94. The van der Waals surface area contributed by atoms with Gasteiger partial charge in [0.05, 0.1) is 11.5 Å². The number of thioether (sulfide) groups is 1. The molecule has 3 aromatic carbocycles. The van der Waals surface area contributed by atoms with Crippen molar-refractivity contribution in [3.8, 4) is 17.1 Å². The lowest BCUT2D eigenvalue weighted by atomic mass is 10.1. The van der Waals surface area contributed by atoms with Gasteiger partial charge in [0.1, 0.15) is 0 Å². The van der Waals surface area contributed by atoms with Crippen molar-refractivity contribution in [2.75, 3.05) is 5.75 Å². The van der Waals surface area contributed by atoms with Crippen LogP contribution in [0.15, 0.2) is 93.6 Å². The summed E-state index contributed by atoms with van der Waals surface area (Å²) in [7, 11) is 0. The van der Waals surface area contributed by atoms with Crippen LogP contribution in [0.2, 0.25) is 5.02 Å². The molecule has 0 atom stereocenters. The lowest BCUT2D eigenvalue weighted by molar-refractivity contribution is -0.118. The van der Waals surface area contributed by atoms with Gasteiger partial charge in [-0.05, 0) is 48.9 Å². The minimum absolute atomic E-state index is 0.137. The normalized spacial score (nSPS) is 11.4. The fraction of sp³-hybridized carbons (Fsp3) is 0.0833. The SMILES string of the molecule is CC(=NNC(=O)CSc1nnc(-c2ccccc2)n1-c1ccc(Cl)cc1)c1ccc(Br)cc1. The average molecular weight is 541 g/mol. The van der Waals surface area contributed by atoms with Gasteiger partial charge < -0.3 is 0 Å². The monoisotopic (exact) mass is 539 g/mol. The summed E-state index contributed by atoms with van der Waals surface area (Å²) in [5, 5.41) is 14.2. The number of nitrogens with zero attached hydrogens (tertiary/aromatic N) is 4. The highest BCUT2D eigenvalue weighted by Crippen LogP contribution is 2.28. The number of rotatable bonds is 7. The third kappa shape index (κ3) is 5.90. The molecule has 0 radical (unpaired) electrons. The van der Waals surface area contributed by atoms with Gasteiger partial charge in [0.15, 0.2) is 11.0 Å². The molecule has 0 saturated heterocycles. The molecule has 1 heterocycles. The Balaban J connectivity index is 1.51. The first kappa shape index (κ1) is 23.2. The second kappa shape index (κ2) is 10.8. The Morgan fingerprint density at radius 1 is 1.03 bits per heavy atom. The van der Waals surface area contributed by atoms with Crippen LogP contribution in [0.5, 0.6) is 0 Å². The summed E-state index contributed by atoms with van der Waals surface area (Å²) in [6.45, 7) is 1.85. The van der Waals surface area contributed by atoms with Crippen LogP contribution in [0.4, 0.5) is 0 Å². The van der Waals surface area contributed by atoms with Gasteiger partial charge in [-0.1, -0.05) is 81.8 Å². The minimum atomic E-state index is -0.233. The Morgan fingerprint density at radius 3 is 2.42 bits per heavy atom. The number of hydrogen-bond donors (Lipinski definition) is 1. The molecule has 0 saturated carbocycles. The summed E-state index contributed by atoms with van der Waals surface area (Å²) in [6.07, 6.45) is 0. The molecule has 9 heteroatoms. The maximum atomic E-state index is 12.5. The van der Waals surface area contributed by atoms with Crippen molar-refractivity contribution < 1.29 is 4.79 Å². The summed E-state index contributed by atoms with van der Waals surface area (Å²) < 4.78 is 2.90. The molecule has 166 valence electrons. The Labute approximate surface area is 209 Å². The number of nitrogens with one attached hydrogen (secondary N) is 1. The first-order chi connectivity index (χ1) is 16.0. The number of carbonyl (C=O) groups is 1. The largest absolute Gasteiger partial charge is 0.272 e. The predicted molar refractivity (Wildman–Crippen MR) is 137 cm³/mol. The van der Waals surface area contributed by atoms with Crippen LogP contribution in [-0.2, 0) is 4.79 Å². The molecule has 33 heavy (non-hydrogen) atoms. The van der Waals surface area contributed by atoms with Gasteiger partial charge in [-0.2, -0.15) is 5.10 Å². The minimum Gasteiger partial charge on any atom is -0.272 e. The first-order valence-electron chi connectivity index (χ1n) is 10.00. The van der Waals surface area contributed by atoms with Gasteiger partial charge in [0.25, 0.3) is 5.91 Å². The van der Waals surface area contributed by atoms with Crippen molar-refractivity contribution in [3.63, 3.8) is 0 Å². The molecule has 1 amide bonds. The van der Waals surface area contributed by atoms with E-state index in [1.807, 2.05) is 90.4 Å². The Kier molecular flexibility index (Phi) is 7.59. The number of benzene rings is 3. The lowest BCUT2D eigenvalue weighted by Crippen LogP contribution is -2.21. The van der Waals surface area contributed by atoms with E-state index < -0.39 is 0 Å². The topological polar surface area (TPSA) is 72.2 Å². The molecular weight excluding hydrogens is 522 g/mol. The van der Waals surface area contributed by atoms with Crippen LogP contribution < -0.4 is 5.43 Å². The molecule has 4 aromatic rings. The number of amides is 1. The fourth-order valence-electron chi connectivity index (χ4n) is 3.02. The Morgan fingerprint density at radius 2 is 1.73 bits per heavy atom. The number of aromatic nitrogens is 3. The summed E-state index contributed by atoms with van der Waals surface area (Å²) in [4.78, 5) is 12.5. The zero-order chi connectivity index (χ0) is 23.2. The van der Waals surface area contributed by atoms with Gasteiger partial charge in [0.2, 0.25) is 0 Å². The van der Waals surface area contributed by atoms with Gasteiger partial charge in [-0.15, -0.1) is 10.2 Å². The Bertz CT molecular complexity index is 1270. The van der Waals surface area contributed by atoms with Crippen LogP contribution in [0, 0.1) is 0 Å². The second-order valence-corrected chi connectivity index (χ2v) is 9.31. The van der Waals surface area contributed by atoms with Gasteiger partial charge in [-0.3, -0.25) is 9.36 Å². The molecular formula is C24H19BrClN5OS. The quantitative estimate of drug-likeness (QED) is 0.178. The van der Waals surface area contributed by atoms with Crippen LogP contribution in [0.1, 0.15) is 12.5 Å². The third-order valence-electron chi connectivity index (χ3n) is 4.69. The van der Waals surface area contributed by atoms with E-state index >= 15 is 0 Å². The van der Waals surface area contributed by atoms with Crippen LogP contribution in [-0.4, -0.2) is 32.1 Å². The summed E-state index contributed by atoms with van der Waals surface area (Å²) in [6, 6.07) is 24.9. The van der Waals surface area contributed by atoms with Crippen LogP contribution >= 0.6 is 39.3 Å². The molecule has 6 nitrogen and oxygen atoms in total. The summed E-state index contributed by atoms with van der Waals surface area (Å²) >= 11 is 10.8. The van der Waals surface area contributed by atoms with E-state index in [0.717, 1.165) is 27.0 Å². The highest BCUT2D eigenvalue weighted by Gasteiger charge is 2.17. The molecule has 0 bridgehead atoms. The van der Waals surface area contributed by atoms with Gasteiger partial charge >= 0.3 is 0 Å². The van der Waals surface area contributed by atoms with E-state index in [1.165, 1.54) is 11.8 Å². The number of carbonyl (C=O) groups excluding carboxylic acids is 1. The molecule has 4 rings (SSSR count). The first-order valence-corrected chi connectivity index (χ1v) is 12.2. The predicted octanol–water partition coefficient (Wildman–Crippen LogP) is 5.98. The van der Waals surface area contributed by atoms with Crippen molar-refractivity contribution >= 4 is 50.9 Å². The van der Waals surface area contributed by atoms with Crippen molar-refractivity contribution in [3.05, 3.63) is 93.9 Å². The van der Waals surface area contributed by atoms with Crippen molar-refractivity contribution in [1.29, 1.82) is 0 Å².